The molecule has 268 valence electrons. The molecule has 0 unspecified atom stereocenters. The van der Waals surface area contributed by atoms with Crippen molar-refractivity contribution in [3.63, 3.8) is 0 Å². The topological polar surface area (TPSA) is 116 Å². The number of rotatable bonds is 10. The van der Waals surface area contributed by atoms with E-state index >= 15 is 0 Å². The van der Waals surface area contributed by atoms with E-state index in [-0.39, 0.29) is 17.9 Å². The predicted octanol–water partition coefficient (Wildman–Crippen LogP) is 8.85. The van der Waals surface area contributed by atoms with E-state index in [2.05, 4.69) is 4.98 Å². The van der Waals surface area contributed by atoms with Gasteiger partial charge in [0.15, 0.2) is 5.65 Å². The minimum atomic E-state index is -5.62. The van der Waals surface area contributed by atoms with Crippen LogP contribution in [0.3, 0.4) is 0 Å². The highest BCUT2D eigenvalue weighted by Crippen LogP contribution is 2.33. The molecule has 53 heavy (non-hydrogen) atoms. The van der Waals surface area contributed by atoms with Gasteiger partial charge in [0.05, 0.1) is 34.7 Å². The molecule has 0 saturated carbocycles. The maximum Gasteiger partial charge on any atom is 0.516 e. The summed E-state index contributed by atoms with van der Waals surface area (Å²) in [6, 6.07) is 33.9. The number of hydrogen-bond acceptors (Lipinski definition) is 7. The maximum absolute atomic E-state index is 13.1. The largest absolute Gasteiger partial charge is 0.516 e. The number of anilines is 1. The fourth-order valence-electron chi connectivity index (χ4n) is 6.12. The number of ether oxygens (including phenoxy) is 1. The molecule has 7 rings (SSSR count). The lowest BCUT2D eigenvalue weighted by atomic mass is 10.0. The van der Waals surface area contributed by atoms with Crippen molar-refractivity contribution >= 4 is 43.7 Å². The van der Waals surface area contributed by atoms with Crippen molar-refractivity contribution in [3.05, 3.63) is 143 Å². The van der Waals surface area contributed by atoms with Crippen molar-refractivity contribution < 1.29 is 31.1 Å². The van der Waals surface area contributed by atoms with Gasteiger partial charge in [0.2, 0.25) is 0 Å². The molecule has 0 fully saturated rings. The summed E-state index contributed by atoms with van der Waals surface area (Å²) in [5, 5.41) is 0.774. The third-order valence-corrected chi connectivity index (χ3v) is 9.87. The zero-order chi connectivity index (χ0) is 37.3. The second-order valence-electron chi connectivity index (χ2n) is 12.4. The molecule has 0 radical (unpaired) electrons. The molecule has 0 aliphatic rings. The first kappa shape index (κ1) is 35.3. The maximum atomic E-state index is 13.1. The number of benzene rings is 4. The Bertz CT molecular complexity index is 2590. The number of imidazole rings is 1. The van der Waals surface area contributed by atoms with Crippen LogP contribution < -0.4 is 4.72 Å². The lowest BCUT2D eigenvalue weighted by Gasteiger charge is -2.14. The Morgan fingerprint density at radius 1 is 0.830 bits per heavy atom. The number of esters is 1. The van der Waals surface area contributed by atoms with E-state index in [0.29, 0.717) is 41.1 Å². The number of nitrogens with zero attached hydrogens (tertiary/aromatic N) is 4. The second-order valence-corrected chi connectivity index (χ2v) is 14.1. The standard InChI is InChI=1S/C40H32F3N5O4S/c1-3-36-46-37-25(2)21-31(24-52-39(49)29-16-14-28(15-17-29)27-9-5-4-6-10-27)44-38(37)48(36)23-26-13-19-33-30(22-26)18-20-34(45-33)32-11-7-8-12-35(32)47-53(50,51)40(41,42)43/h4-22,47H,3,23-24H2,1-2H3. The van der Waals surface area contributed by atoms with Crippen LogP contribution in [0, 0.1) is 6.92 Å². The Balaban J connectivity index is 1.11. The molecule has 13 heteroatoms. The van der Waals surface area contributed by atoms with Gasteiger partial charge in [0.25, 0.3) is 0 Å². The number of pyridine rings is 2. The molecule has 1 N–H and O–H groups in total. The van der Waals surface area contributed by atoms with Gasteiger partial charge in [-0.15, -0.1) is 0 Å². The van der Waals surface area contributed by atoms with Crippen molar-refractivity contribution in [1.82, 2.24) is 19.5 Å². The Morgan fingerprint density at radius 2 is 1.55 bits per heavy atom. The fourth-order valence-corrected chi connectivity index (χ4v) is 6.70. The number of aromatic nitrogens is 4. The molecular formula is C40H32F3N5O4S. The van der Waals surface area contributed by atoms with Crippen molar-refractivity contribution in [2.45, 2.75) is 38.9 Å². The second kappa shape index (κ2) is 14.2. The molecule has 0 saturated heterocycles. The van der Waals surface area contributed by atoms with Crippen LogP contribution in [0.4, 0.5) is 18.9 Å². The van der Waals surface area contributed by atoms with Gasteiger partial charge in [-0.3, -0.25) is 4.72 Å². The quantitative estimate of drug-likeness (QED) is 0.140. The van der Waals surface area contributed by atoms with Crippen LogP contribution in [-0.2, 0) is 34.3 Å². The fraction of sp³-hybridized carbons (Fsp3) is 0.150. The Labute approximate surface area is 303 Å². The number of aryl methyl sites for hydroxylation is 2. The molecule has 0 aliphatic carbocycles. The molecule has 3 aromatic heterocycles. The average Bonchev–Trinajstić information content (AvgIpc) is 3.51. The van der Waals surface area contributed by atoms with Gasteiger partial charge in [-0.05, 0) is 71.6 Å². The molecule has 0 spiro atoms. The Hall–Kier alpha value is -6.08. The molecule has 9 nitrogen and oxygen atoms in total. The summed E-state index contributed by atoms with van der Waals surface area (Å²) in [6.45, 7) is 4.37. The van der Waals surface area contributed by atoms with Crippen molar-refractivity contribution in [2.24, 2.45) is 0 Å². The van der Waals surface area contributed by atoms with Crippen LogP contribution in [0.1, 0.15) is 39.9 Å². The molecule has 0 atom stereocenters. The van der Waals surface area contributed by atoms with E-state index in [1.165, 1.54) is 18.2 Å². The van der Waals surface area contributed by atoms with Gasteiger partial charge >= 0.3 is 21.5 Å². The molecule has 0 bridgehead atoms. The van der Waals surface area contributed by atoms with Crippen molar-refractivity contribution in [3.8, 4) is 22.4 Å². The molecular weight excluding hydrogens is 704 g/mol. The first-order chi connectivity index (χ1) is 25.4. The third kappa shape index (κ3) is 7.33. The van der Waals surface area contributed by atoms with Crippen molar-refractivity contribution in [2.75, 3.05) is 4.72 Å². The average molecular weight is 736 g/mol. The minimum Gasteiger partial charge on any atom is -0.456 e. The summed E-state index contributed by atoms with van der Waals surface area (Å²) in [7, 11) is -5.62. The van der Waals surface area contributed by atoms with Gasteiger partial charge < -0.3 is 9.30 Å². The number of hydrogen-bond donors (Lipinski definition) is 1. The lowest BCUT2D eigenvalue weighted by Crippen LogP contribution is -2.30. The van der Waals surface area contributed by atoms with Crippen LogP contribution in [0.25, 0.3) is 44.5 Å². The van der Waals surface area contributed by atoms with Gasteiger partial charge in [-0.1, -0.05) is 79.7 Å². The number of fused-ring (bicyclic) bond motifs is 2. The number of alkyl halides is 3. The molecule has 7 aromatic rings. The Morgan fingerprint density at radius 3 is 2.28 bits per heavy atom. The van der Waals surface area contributed by atoms with E-state index in [1.807, 2.05) is 79.1 Å². The number of nitrogens with one attached hydrogen (secondary N) is 1. The van der Waals surface area contributed by atoms with Gasteiger partial charge in [-0.25, -0.2) is 19.7 Å². The summed E-state index contributed by atoms with van der Waals surface area (Å²) >= 11 is 0. The highest BCUT2D eigenvalue weighted by molar-refractivity contribution is 7.93. The SMILES string of the molecule is CCc1nc2c(C)cc(COC(=O)c3ccc(-c4ccccc4)cc3)nc2n1Cc1ccc2nc(-c3ccccc3NS(=O)(=O)C(F)(F)F)ccc2c1. The van der Waals surface area contributed by atoms with E-state index < -0.39 is 21.5 Å². The normalized spacial score (nSPS) is 11.9. The van der Waals surface area contributed by atoms with E-state index in [1.54, 1.807) is 41.1 Å². The van der Waals surface area contributed by atoms with E-state index in [4.69, 9.17) is 14.7 Å². The van der Waals surface area contributed by atoms with Gasteiger partial charge in [0.1, 0.15) is 17.9 Å². The highest BCUT2D eigenvalue weighted by atomic mass is 32.2. The van der Waals surface area contributed by atoms with Crippen LogP contribution in [0.5, 0.6) is 0 Å². The predicted molar refractivity (Wildman–Crippen MR) is 198 cm³/mol. The smallest absolute Gasteiger partial charge is 0.456 e. The van der Waals surface area contributed by atoms with Gasteiger partial charge in [0, 0.05) is 17.4 Å². The van der Waals surface area contributed by atoms with Crippen LogP contribution >= 0.6 is 0 Å². The number of para-hydroxylation sites is 1. The summed E-state index contributed by atoms with van der Waals surface area (Å²) in [5.41, 5.74) is 1.68. The van der Waals surface area contributed by atoms with Crippen LogP contribution in [0.15, 0.2) is 115 Å². The lowest BCUT2D eigenvalue weighted by molar-refractivity contribution is -0.0429. The molecule has 0 amide bonds. The number of carbonyl (C=O) groups excluding carboxylic acids is 1. The summed E-state index contributed by atoms with van der Waals surface area (Å²) in [4.78, 5) is 27.3. The first-order valence-corrected chi connectivity index (χ1v) is 18.1. The Kier molecular flexibility index (Phi) is 9.43. The van der Waals surface area contributed by atoms with Crippen LogP contribution in [-0.4, -0.2) is 39.4 Å². The van der Waals surface area contributed by atoms with E-state index in [9.17, 15) is 26.4 Å². The zero-order valence-corrected chi connectivity index (χ0v) is 29.4. The van der Waals surface area contributed by atoms with E-state index in [0.717, 1.165) is 39.0 Å². The summed E-state index contributed by atoms with van der Waals surface area (Å²) in [5.74, 6) is 0.376. The highest BCUT2D eigenvalue weighted by Gasteiger charge is 2.46. The zero-order valence-electron chi connectivity index (χ0n) is 28.6. The number of carbonyl (C=O) groups is 1. The summed E-state index contributed by atoms with van der Waals surface area (Å²) in [6.07, 6.45) is 0.648. The molecule has 4 aromatic carbocycles. The number of halogens is 3. The molecule has 0 aliphatic heterocycles. The monoisotopic (exact) mass is 735 g/mol. The van der Waals surface area contributed by atoms with Gasteiger partial charge in [-0.2, -0.15) is 21.6 Å². The molecule has 3 heterocycles. The number of sulfonamides is 1. The third-order valence-electron chi connectivity index (χ3n) is 8.77. The van der Waals surface area contributed by atoms with Crippen molar-refractivity contribution in [1.29, 1.82) is 0 Å². The minimum absolute atomic E-state index is 0.0204. The first-order valence-electron chi connectivity index (χ1n) is 16.7. The summed E-state index contributed by atoms with van der Waals surface area (Å²) < 4.78 is 72.3. The van der Waals surface area contributed by atoms with Crippen LogP contribution in [0.2, 0.25) is 0 Å².